The number of likely N-dealkylation sites (tertiary alicyclic amines) is 1. The number of nitro groups is 1. The normalized spacial score (nSPS) is 17.8. The van der Waals surface area contributed by atoms with E-state index in [1.807, 2.05) is 11.8 Å². The summed E-state index contributed by atoms with van der Waals surface area (Å²) in [5.41, 5.74) is 0.0685. The number of amides is 2. The van der Waals surface area contributed by atoms with E-state index in [9.17, 15) is 19.7 Å². The Hall–Kier alpha value is -2.48. The second-order valence-electron chi connectivity index (χ2n) is 7.79. The number of piperidine rings is 1. The minimum atomic E-state index is -0.511. The van der Waals surface area contributed by atoms with E-state index in [2.05, 4.69) is 24.5 Å². The van der Waals surface area contributed by atoms with Crippen molar-refractivity contribution in [3.8, 4) is 0 Å². The van der Waals surface area contributed by atoms with Gasteiger partial charge in [-0.2, -0.15) is 0 Å². The smallest absolute Gasteiger partial charge is 0.292 e. The Labute approximate surface area is 165 Å². The first-order chi connectivity index (χ1) is 13.2. The van der Waals surface area contributed by atoms with Crippen LogP contribution in [-0.2, 0) is 9.59 Å². The van der Waals surface area contributed by atoms with Crippen LogP contribution in [0.3, 0.4) is 0 Å². The van der Waals surface area contributed by atoms with Crippen LogP contribution in [0.15, 0.2) is 24.3 Å². The highest BCUT2D eigenvalue weighted by atomic mass is 16.6. The second kappa shape index (κ2) is 9.64. The van der Waals surface area contributed by atoms with Gasteiger partial charge >= 0.3 is 0 Å². The lowest BCUT2D eigenvalue weighted by atomic mass is 9.94. The minimum absolute atomic E-state index is 0.0390. The van der Waals surface area contributed by atoms with E-state index in [1.54, 1.807) is 19.1 Å². The predicted octanol–water partition coefficient (Wildman–Crippen LogP) is 2.79. The second-order valence-corrected chi connectivity index (χ2v) is 7.79. The third-order valence-electron chi connectivity index (χ3n) is 5.56. The third kappa shape index (κ3) is 5.51. The van der Waals surface area contributed by atoms with Crippen molar-refractivity contribution in [3.63, 3.8) is 0 Å². The van der Waals surface area contributed by atoms with Crippen LogP contribution in [0.4, 0.5) is 11.4 Å². The largest absolute Gasteiger partial charge is 0.353 e. The van der Waals surface area contributed by atoms with E-state index in [4.69, 9.17) is 0 Å². The SMILES string of the molecule is CC(C)C(C)NC(=O)C1CCN(C(C)C(=O)Nc2ccccc2[N+](=O)[O-])CC1. The number of carbonyl (C=O) groups excluding carboxylic acids is 2. The average molecular weight is 390 g/mol. The molecule has 2 unspecified atom stereocenters. The molecule has 8 heteroatoms. The summed E-state index contributed by atoms with van der Waals surface area (Å²) in [6.45, 7) is 9.22. The molecule has 2 atom stereocenters. The van der Waals surface area contributed by atoms with Gasteiger partial charge in [0.2, 0.25) is 11.8 Å². The van der Waals surface area contributed by atoms with Gasteiger partial charge < -0.3 is 10.6 Å². The third-order valence-corrected chi connectivity index (χ3v) is 5.56. The Bertz CT molecular complexity index is 714. The molecule has 0 radical (unpaired) electrons. The quantitative estimate of drug-likeness (QED) is 0.550. The number of anilines is 1. The van der Waals surface area contributed by atoms with Crippen LogP contribution in [0.5, 0.6) is 0 Å². The number of hydrogen-bond acceptors (Lipinski definition) is 5. The number of carbonyl (C=O) groups is 2. The number of rotatable bonds is 7. The molecule has 0 aliphatic carbocycles. The zero-order valence-electron chi connectivity index (χ0n) is 17.0. The van der Waals surface area contributed by atoms with E-state index in [1.165, 1.54) is 12.1 Å². The summed E-state index contributed by atoms with van der Waals surface area (Å²) in [6, 6.07) is 5.80. The molecule has 8 nitrogen and oxygen atoms in total. The lowest BCUT2D eigenvalue weighted by Gasteiger charge is -2.35. The fourth-order valence-electron chi connectivity index (χ4n) is 3.20. The average Bonchev–Trinajstić information content (AvgIpc) is 2.67. The fourth-order valence-corrected chi connectivity index (χ4v) is 3.20. The molecule has 154 valence electrons. The summed E-state index contributed by atoms with van der Waals surface area (Å²) in [7, 11) is 0. The lowest BCUT2D eigenvalue weighted by Crippen LogP contribution is -2.49. The molecule has 2 rings (SSSR count). The van der Waals surface area contributed by atoms with Crippen molar-refractivity contribution in [3.05, 3.63) is 34.4 Å². The van der Waals surface area contributed by atoms with E-state index in [0.29, 0.717) is 31.8 Å². The van der Waals surface area contributed by atoms with E-state index < -0.39 is 11.0 Å². The van der Waals surface area contributed by atoms with Gasteiger partial charge in [0.05, 0.1) is 11.0 Å². The van der Waals surface area contributed by atoms with Crippen LogP contribution >= 0.6 is 0 Å². The molecule has 2 N–H and O–H groups in total. The van der Waals surface area contributed by atoms with Gasteiger partial charge in [0, 0.05) is 18.0 Å². The maximum atomic E-state index is 12.6. The van der Waals surface area contributed by atoms with Gasteiger partial charge in [-0.1, -0.05) is 26.0 Å². The summed E-state index contributed by atoms with van der Waals surface area (Å²) in [4.78, 5) is 37.6. The molecule has 0 saturated carbocycles. The van der Waals surface area contributed by atoms with Crippen LogP contribution in [-0.4, -0.2) is 46.8 Å². The number of hydrogen-bond donors (Lipinski definition) is 2. The van der Waals surface area contributed by atoms with E-state index in [-0.39, 0.29) is 35.1 Å². The molecule has 1 fully saturated rings. The zero-order chi connectivity index (χ0) is 20.8. The maximum absolute atomic E-state index is 12.6. The Balaban J connectivity index is 1.89. The molecule has 1 aliphatic rings. The molecule has 1 heterocycles. The minimum Gasteiger partial charge on any atom is -0.353 e. The number of benzene rings is 1. The van der Waals surface area contributed by atoms with Crippen molar-refractivity contribution >= 4 is 23.2 Å². The van der Waals surface area contributed by atoms with Gasteiger partial charge in [-0.3, -0.25) is 24.6 Å². The summed E-state index contributed by atoms with van der Waals surface area (Å²) in [5.74, 6) is 0.140. The number of nitro benzene ring substituents is 1. The molecule has 1 aliphatic heterocycles. The molecule has 1 saturated heterocycles. The van der Waals surface area contributed by atoms with Crippen LogP contribution in [0, 0.1) is 22.0 Å². The van der Waals surface area contributed by atoms with Gasteiger partial charge in [0.1, 0.15) is 5.69 Å². The summed E-state index contributed by atoms with van der Waals surface area (Å²) >= 11 is 0. The molecule has 1 aromatic rings. The van der Waals surface area contributed by atoms with Crippen molar-refractivity contribution in [1.82, 2.24) is 10.2 Å². The first-order valence-corrected chi connectivity index (χ1v) is 9.79. The van der Waals surface area contributed by atoms with Crippen molar-refractivity contribution in [2.75, 3.05) is 18.4 Å². The zero-order valence-corrected chi connectivity index (χ0v) is 17.0. The van der Waals surface area contributed by atoms with Gasteiger partial charge in [-0.15, -0.1) is 0 Å². The lowest BCUT2D eigenvalue weighted by molar-refractivity contribution is -0.383. The highest BCUT2D eigenvalue weighted by Crippen LogP contribution is 2.25. The Morgan fingerprint density at radius 1 is 1.14 bits per heavy atom. The van der Waals surface area contributed by atoms with Crippen LogP contribution in [0.25, 0.3) is 0 Å². The summed E-state index contributed by atoms with van der Waals surface area (Å²) in [6.07, 6.45) is 1.39. The van der Waals surface area contributed by atoms with Gasteiger partial charge in [-0.25, -0.2) is 0 Å². The first-order valence-electron chi connectivity index (χ1n) is 9.79. The Morgan fingerprint density at radius 2 is 1.75 bits per heavy atom. The van der Waals surface area contributed by atoms with Crippen LogP contribution in [0.2, 0.25) is 0 Å². The van der Waals surface area contributed by atoms with Gasteiger partial charge in [0.25, 0.3) is 5.69 Å². The molecule has 0 spiro atoms. The van der Waals surface area contributed by atoms with Crippen molar-refractivity contribution < 1.29 is 14.5 Å². The maximum Gasteiger partial charge on any atom is 0.292 e. The summed E-state index contributed by atoms with van der Waals surface area (Å²) < 4.78 is 0. The van der Waals surface area contributed by atoms with Gasteiger partial charge in [0.15, 0.2) is 0 Å². The molecule has 28 heavy (non-hydrogen) atoms. The number of para-hydroxylation sites is 2. The number of nitrogens with zero attached hydrogens (tertiary/aromatic N) is 2. The topological polar surface area (TPSA) is 105 Å². The van der Waals surface area contributed by atoms with Crippen LogP contribution < -0.4 is 10.6 Å². The monoisotopic (exact) mass is 390 g/mol. The highest BCUT2D eigenvalue weighted by Gasteiger charge is 2.31. The first kappa shape index (κ1) is 21.8. The predicted molar refractivity (Wildman–Crippen MR) is 108 cm³/mol. The van der Waals surface area contributed by atoms with Crippen molar-refractivity contribution in [1.29, 1.82) is 0 Å². The molecule has 0 aromatic heterocycles. The molecule has 0 bridgehead atoms. The molecule has 1 aromatic carbocycles. The molecule has 2 amide bonds. The summed E-state index contributed by atoms with van der Waals surface area (Å²) in [5, 5.41) is 16.8. The Morgan fingerprint density at radius 3 is 2.32 bits per heavy atom. The Kier molecular flexibility index (Phi) is 7.51. The van der Waals surface area contributed by atoms with E-state index in [0.717, 1.165) is 0 Å². The fraction of sp³-hybridized carbons (Fsp3) is 0.600. The standard InChI is InChI=1S/C20H30N4O4/c1-13(2)14(3)21-20(26)16-9-11-23(12-10-16)15(4)19(25)22-17-7-5-6-8-18(17)24(27)28/h5-8,13-16H,9-12H2,1-4H3,(H,21,26)(H,22,25). The molecular formula is C20H30N4O4. The highest BCUT2D eigenvalue weighted by molar-refractivity contribution is 5.96. The van der Waals surface area contributed by atoms with Gasteiger partial charge in [-0.05, 0) is 51.8 Å². The van der Waals surface area contributed by atoms with Crippen molar-refractivity contribution in [2.24, 2.45) is 11.8 Å². The van der Waals surface area contributed by atoms with Crippen LogP contribution in [0.1, 0.15) is 40.5 Å². The number of nitrogens with one attached hydrogen (secondary N) is 2. The molecular weight excluding hydrogens is 360 g/mol. The van der Waals surface area contributed by atoms with Crippen molar-refractivity contribution in [2.45, 2.75) is 52.6 Å². The van der Waals surface area contributed by atoms with E-state index >= 15 is 0 Å².